The van der Waals surface area contributed by atoms with Crippen LogP contribution in [-0.4, -0.2) is 25.0 Å². The number of unbranched alkanes of at least 4 members (excludes halogenated alkanes) is 5. The van der Waals surface area contributed by atoms with Gasteiger partial charge in [-0.05, 0) is 23.3 Å². The fourth-order valence-electron chi connectivity index (χ4n) is 2.94. The summed E-state index contributed by atoms with van der Waals surface area (Å²) in [6.45, 7) is 2.96. The number of carbonyl (C=O) groups excluding carboxylic acids is 2. The van der Waals surface area contributed by atoms with E-state index >= 15 is 0 Å². The van der Waals surface area contributed by atoms with Crippen molar-refractivity contribution in [1.29, 1.82) is 0 Å². The molecule has 0 heterocycles. The van der Waals surface area contributed by atoms with Crippen LogP contribution in [0, 0.1) is 0 Å². The Balaban J connectivity index is 1.66. The summed E-state index contributed by atoms with van der Waals surface area (Å²) in [6.07, 6.45) is 7.18. The predicted octanol–water partition coefficient (Wildman–Crippen LogP) is 4.86. The SMILES string of the molecule is CCCCCCCCOC(=O)CCNC(=O)c1cccc2ccccc12. The Hall–Kier alpha value is -2.36. The van der Waals surface area contributed by atoms with Gasteiger partial charge >= 0.3 is 5.97 Å². The molecule has 0 bridgehead atoms. The zero-order chi connectivity index (χ0) is 18.6. The van der Waals surface area contributed by atoms with E-state index in [4.69, 9.17) is 4.74 Å². The van der Waals surface area contributed by atoms with Crippen LogP contribution in [-0.2, 0) is 9.53 Å². The van der Waals surface area contributed by atoms with Crippen molar-refractivity contribution in [3.05, 3.63) is 48.0 Å². The molecular weight excluding hydrogens is 326 g/mol. The predicted molar refractivity (Wildman–Crippen MR) is 105 cm³/mol. The van der Waals surface area contributed by atoms with Crippen molar-refractivity contribution in [2.45, 2.75) is 51.9 Å². The van der Waals surface area contributed by atoms with Gasteiger partial charge in [0.05, 0.1) is 13.0 Å². The fraction of sp³-hybridized carbons (Fsp3) is 0.455. The van der Waals surface area contributed by atoms with Gasteiger partial charge in [0, 0.05) is 12.1 Å². The summed E-state index contributed by atoms with van der Waals surface area (Å²) in [7, 11) is 0. The highest BCUT2D eigenvalue weighted by atomic mass is 16.5. The molecule has 2 aromatic rings. The molecule has 140 valence electrons. The van der Waals surface area contributed by atoms with Gasteiger partial charge in [-0.3, -0.25) is 9.59 Å². The van der Waals surface area contributed by atoms with Crippen LogP contribution in [0.25, 0.3) is 10.8 Å². The molecule has 2 rings (SSSR count). The zero-order valence-corrected chi connectivity index (χ0v) is 15.6. The third-order valence-corrected chi connectivity index (χ3v) is 4.41. The first-order valence-corrected chi connectivity index (χ1v) is 9.64. The number of nitrogens with one attached hydrogen (secondary N) is 1. The van der Waals surface area contributed by atoms with Crippen molar-refractivity contribution in [1.82, 2.24) is 5.32 Å². The van der Waals surface area contributed by atoms with Gasteiger partial charge < -0.3 is 10.1 Å². The van der Waals surface area contributed by atoms with Gasteiger partial charge in [-0.1, -0.05) is 75.4 Å². The largest absolute Gasteiger partial charge is 0.466 e. The molecule has 0 aliphatic rings. The number of hydrogen-bond donors (Lipinski definition) is 1. The lowest BCUT2D eigenvalue weighted by Gasteiger charge is -2.08. The number of ether oxygens (including phenoxy) is 1. The number of hydrogen-bond acceptors (Lipinski definition) is 3. The van der Waals surface area contributed by atoms with Gasteiger partial charge in [0.15, 0.2) is 0 Å². The van der Waals surface area contributed by atoms with Gasteiger partial charge in [-0.15, -0.1) is 0 Å². The number of fused-ring (bicyclic) bond motifs is 1. The second kappa shape index (κ2) is 11.3. The molecule has 4 nitrogen and oxygen atoms in total. The minimum atomic E-state index is -0.253. The Labute approximate surface area is 155 Å². The maximum absolute atomic E-state index is 12.4. The summed E-state index contributed by atoms with van der Waals surface area (Å²) in [5.74, 6) is -0.415. The monoisotopic (exact) mass is 355 g/mol. The normalized spacial score (nSPS) is 10.7. The quantitative estimate of drug-likeness (QED) is 0.462. The molecule has 0 radical (unpaired) electrons. The molecule has 4 heteroatoms. The summed E-state index contributed by atoms with van der Waals surface area (Å²) in [5.41, 5.74) is 0.628. The van der Waals surface area contributed by atoms with Crippen LogP contribution in [0.4, 0.5) is 0 Å². The summed E-state index contributed by atoms with van der Waals surface area (Å²) >= 11 is 0. The Morgan fingerprint density at radius 3 is 2.50 bits per heavy atom. The van der Waals surface area contributed by atoms with Crippen LogP contribution in [0.2, 0.25) is 0 Å². The van der Waals surface area contributed by atoms with E-state index in [9.17, 15) is 9.59 Å². The minimum Gasteiger partial charge on any atom is -0.466 e. The average Bonchev–Trinajstić information content (AvgIpc) is 2.66. The number of rotatable bonds is 11. The summed E-state index contributed by atoms with van der Waals surface area (Å²) in [6, 6.07) is 13.4. The lowest BCUT2D eigenvalue weighted by atomic mass is 10.0. The van der Waals surface area contributed by atoms with Crippen LogP contribution in [0.3, 0.4) is 0 Å². The van der Waals surface area contributed by atoms with Crippen LogP contribution >= 0.6 is 0 Å². The maximum atomic E-state index is 12.4. The van der Waals surface area contributed by atoms with Gasteiger partial charge in [0.1, 0.15) is 0 Å². The van der Waals surface area contributed by atoms with Gasteiger partial charge in [0.25, 0.3) is 5.91 Å². The standard InChI is InChI=1S/C22H29NO3/c1-2-3-4-5-6-9-17-26-21(24)15-16-23-22(25)20-14-10-12-18-11-7-8-13-19(18)20/h7-8,10-14H,2-6,9,15-17H2,1H3,(H,23,25). The molecule has 2 aromatic carbocycles. The van der Waals surface area contributed by atoms with Crippen molar-refractivity contribution in [2.24, 2.45) is 0 Å². The van der Waals surface area contributed by atoms with E-state index in [1.807, 2.05) is 36.4 Å². The maximum Gasteiger partial charge on any atom is 0.307 e. The molecule has 0 spiro atoms. The van der Waals surface area contributed by atoms with Crippen molar-refractivity contribution < 1.29 is 14.3 Å². The molecular formula is C22H29NO3. The molecule has 0 unspecified atom stereocenters. The number of benzene rings is 2. The van der Waals surface area contributed by atoms with E-state index in [1.54, 1.807) is 6.07 Å². The molecule has 0 aliphatic heterocycles. The molecule has 0 fully saturated rings. The lowest BCUT2D eigenvalue weighted by Crippen LogP contribution is -2.26. The second-order valence-corrected chi connectivity index (χ2v) is 6.52. The smallest absolute Gasteiger partial charge is 0.307 e. The molecule has 0 atom stereocenters. The van der Waals surface area contributed by atoms with Crippen LogP contribution in [0.5, 0.6) is 0 Å². The molecule has 1 amide bonds. The molecule has 26 heavy (non-hydrogen) atoms. The molecule has 0 saturated carbocycles. The highest BCUT2D eigenvalue weighted by Gasteiger charge is 2.10. The first-order valence-electron chi connectivity index (χ1n) is 9.64. The topological polar surface area (TPSA) is 55.4 Å². The van der Waals surface area contributed by atoms with E-state index in [0.717, 1.165) is 23.6 Å². The first-order chi connectivity index (χ1) is 12.7. The number of carbonyl (C=O) groups is 2. The Morgan fingerprint density at radius 2 is 1.65 bits per heavy atom. The van der Waals surface area contributed by atoms with E-state index in [2.05, 4.69) is 12.2 Å². The van der Waals surface area contributed by atoms with E-state index in [-0.39, 0.29) is 24.8 Å². The molecule has 0 aromatic heterocycles. The van der Waals surface area contributed by atoms with E-state index in [0.29, 0.717) is 12.2 Å². The highest BCUT2D eigenvalue weighted by molar-refractivity contribution is 6.07. The highest BCUT2D eigenvalue weighted by Crippen LogP contribution is 2.18. The first kappa shape index (κ1) is 20.0. The lowest BCUT2D eigenvalue weighted by molar-refractivity contribution is -0.143. The molecule has 0 aliphatic carbocycles. The number of amides is 1. The summed E-state index contributed by atoms with van der Waals surface area (Å²) in [4.78, 5) is 24.1. The fourth-order valence-corrected chi connectivity index (χ4v) is 2.94. The minimum absolute atomic E-state index is 0.162. The van der Waals surface area contributed by atoms with E-state index < -0.39 is 0 Å². The van der Waals surface area contributed by atoms with Crippen LogP contribution < -0.4 is 5.32 Å². The zero-order valence-electron chi connectivity index (χ0n) is 15.6. The van der Waals surface area contributed by atoms with Crippen LogP contribution in [0.15, 0.2) is 42.5 Å². The van der Waals surface area contributed by atoms with Crippen molar-refractivity contribution in [2.75, 3.05) is 13.2 Å². The molecule has 0 saturated heterocycles. The van der Waals surface area contributed by atoms with Crippen LogP contribution in [0.1, 0.15) is 62.2 Å². The number of esters is 1. The Bertz CT molecular complexity index is 706. The Morgan fingerprint density at radius 1 is 0.923 bits per heavy atom. The average molecular weight is 355 g/mol. The van der Waals surface area contributed by atoms with Gasteiger partial charge in [-0.2, -0.15) is 0 Å². The third kappa shape index (κ3) is 6.51. The van der Waals surface area contributed by atoms with Crippen molar-refractivity contribution in [3.8, 4) is 0 Å². The Kier molecular flexibility index (Phi) is 8.67. The van der Waals surface area contributed by atoms with Crippen molar-refractivity contribution in [3.63, 3.8) is 0 Å². The summed E-state index contributed by atoms with van der Waals surface area (Å²) < 4.78 is 5.22. The van der Waals surface area contributed by atoms with Gasteiger partial charge in [-0.25, -0.2) is 0 Å². The van der Waals surface area contributed by atoms with Crippen molar-refractivity contribution >= 4 is 22.6 Å². The second-order valence-electron chi connectivity index (χ2n) is 6.52. The van der Waals surface area contributed by atoms with E-state index in [1.165, 1.54) is 25.7 Å². The van der Waals surface area contributed by atoms with Gasteiger partial charge in [0.2, 0.25) is 0 Å². The molecule has 1 N–H and O–H groups in total. The summed E-state index contributed by atoms with van der Waals surface area (Å²) in [5, 5.41) is 4.75. The third-order valence-electron chi connectivity index (χ3n) is 4.41.